The van der Waals surface area contributed by atoms with E-state index >= 15 is 0 Å². The normalized spacial score (nSPS) is 18.2. The molecule has 1 N–H and O–H groups in total. The Hall–Kier alpha value is -2.58. The molecule has 8 heteroatoms. The monoisotopic (exact) mass is 458 g/mol. The summed E-state index contributed by atoms with van der Waals surface area (Å²) < 4.78 is 38.4. The third-order valence-corrected chi connectivity index (χ3v) is 8.07. The Labute approximate surface area is 189 Å². The van der Waals surface area contributed by atoms with Gasteiger partial charge in [0.25, 0.3) is 0 Å². The van der Waals surface area contributed by atoms with Crippen LogP contribution in [0.3, 0.4) is 0 Å². The molecule has 1 saturated heterocycles. The van der Waals surface area contributed by atoms with Crippen molar-refractivity contribution in [2.45, 2.75) is 38.5 Å². The van der Waals surface area contributed by atoms with E-state index in [1.165, 1.54) is 4.31 Å². The van der Waals surface area contributed by atoms with Crippen LogP contribution in [0.4, 0.5) is 0 Å². The molecule has 2 aromatic rings. The smallest absolute Gasteiger partial charge is 0.223 e. The van der Waals surface area contributed by atoms with E-state index < -0.39 is 10.0 Å². The maximum Gasteiger partial charge on any atom is 0.223 e. The molecule has 1 amide bonds. The van der Waals surface area contributed by atoms with Gasteiger partial charge in [-0.3, -0.25) is 4.79 Å². The van der Waals surface area contributed by atoms with E-state index in [0.29, 0.717) is 44.9 Å². The third kappa shape index (κ3) is 5.07. The van der Waals surface area contributed by atoms with Gasteiger partial charge in [0.05, 0.1) is 11.8 Å². The van der Waals surface area contributed by atoms with Gasteiger partial charge in [-0.1, -0.05) is 30.3 Å². The van der Waals surface area contributed by atoms with Crippen LogP contribution in [-0.4, -0.2) is 44.9 Å². The minimum atomic E-state index is -3.41. The second-order valence-corrected chi connectivity index (χ2v) is 10.5. The van der Waals surface area contributed by atoms with Crippen LogP contribution in [0.2, 0.25) is 0 Å². The summed E-state index contributed by atoms with van der Waals surface area (Å²) in [5, 5.41) is 3.07. The molecular formula is C24H30N2O5S. The van der Waals surface area contributed by atoms with Crippen molar-refractivity contribution in [3.05, 3.63) is 59.2 Å². The Morgan fingerprint density at radius 1 is 1.09 bits per heavy atom. The van der Waals surface area contributed by atoms with Gasteiger partial charge in [-0.25, -0.2) is 12.7 Å². The van der Waals surface area contributed by atoms with Crippen LogP contribution in [0.1, 0.15) is 42.5 Å². The zero-order valence-corrected chi connectivity index (χ0v) is 19.4. The van der Waals surface area contributed by atoms with E-state index in [1.54, 1.807) is 0 Å². The quantitative estimate of drug-likeness (QED) is 0.719. The summed E-state index contributed by atoms with van der Waals surface area (Å²) in [7, 11) is -3.41. The number of aryl methyl sites for hydroxylation is 1. The molecule has 4 rings (SSSR count). The minimum Gasteiger partial charge on any atom is -0.486 e. The van der Waals surface area contributed by atoms with Crippen molar-refractivity contribution < 1.29 is 22.7 Å². The van der Waals surface area contributed by atoms with Gasteiger partial charge < -0.3 is 14.8 Å². The Kier molecular flexibility index (Phi) is 6.71. The number of hydrogen-bond acceptors (Lipinski definition) is 5. The fraction of sp³-hybridized carbons (Fsp3) is 0.458. The standard InChI is InChI=1S/C24H30N2O5S/c1-17-5-3-4-6-21(17)16-32(28,29)26-11-9-19(10-12-26)24(27)25-18(2)20-7-8-22-23(15-20)31-14-13-30-22/h3-8,15,18-19H,9-14,16H2,1-2H3,(H,25,27)/t18-/m0/s1. The van der Waals surface area contributed by atoms with E-state index in [-0.39, 0.29) is 23.6 Å². The lowest BCUT2D eigenvalue weighted by Crippen LogP contribution is -2.43. The second-order valence-electron chi connectivity index (χ2n) is 8.49. The Morgan fingerprint density at radius 3 is 2.50 bits per heavy atom. The van der Waals surface area contributed by atoms with Gasteiger partial charge in [-0.05, 0) is 55.5 Å². The van der Waals surface area contributed by atoms with Crippen LogP contribution >= 0.6 is 0 Å². The minimum absolute atomic E-state index is 0.00230. The van der Waals surface area contributed by atoms with E-state index in [1.807, 2.05) is 56.3 Å². The molecule has 172 valence electrons. The van der Waals surface area contributed by atoms with Crippen molar-refractivity contribution in [1.82, 2.24) is 9.62 Å². The number of rotatable bonds is 6. The maximum absolute atomic E-state index is 12.9. The van der Waals surface area contributed by atoms with E-state index in [0.717, 1.165) is 22.4 Å². The van der Waals surface area contributed by atoms with Crippen molar-refractivity contribution in [2.24, 2.45) is 5.92 Å². The Bertz CT molecular complexity index is 1080. The zero-order valence-electron chi connectivity index (χ0n) is 18.5. The zero-order chi connectivity index (χ0) is 22.7. The number of benzene rings is 2. The number of piperidine rings is 1. The molecule has 0 aliphatic carbocycles. The summed E-state index contributed by atoms with van der Waals surface area (Å²) >= 11 is 0. The highest BCUT2D eigenvalue weighted by atomic mass is 32.2. The number of ether oxygens (including phenoxy) is 2. The molecule has 0 unspecified atom stereocenters. The number of nitrogens with one attached hydrogen (secondary N) is 1. The van der Waals surface area contributed by atoms with Crippen LogP contribution in [0.5, 0.6) is 11.5 Å². The second kappa shape index (κ2) is 9.50. The number of amides is 1. The number of sulfonamides is 1. The van der Waals surface area contributed by atoms with Crippen molar-refractivity contribution in [3.8, 4) is 11.5 Å². The van der Waals surface area contributed by atoms with Gasteiger partial charge in [0.15, 0.2) is 11.5 Å². The molecule has 2 aliphatic rings. The molecule has 2 heterocycles. The SMILES string of the molecule is Cc1ccccc1CS(=O)(=O)N1CCC(C(=O)N[C@@H](C)c2ccc3c(c2)OCCO3)CC1. The first-order valence-corrected chi connectivity index (χ1v) is 12.7. The van der Waals surface area contributed by atoms with Crippen molar-refractivity contribution >= 4 is 15.9 Å². The lowest BCUT2D eigenvalue weighted by Gasteiger charge is -2.31. The Balaban J connectivity index is 1.32. The fourth-order valence-corrected chi connectivity index (χ4v) is 5.87. The first kappa shape index (κ1) is 22.6. The molecule has 0 radical (unpaired) electrons. The third-order valence-electron chi connectivity index (χ3n) is 6.24. The number of carbonyl (C=O) groups is 1. The van der Waals surface area contributed by atoms with Crippen LogP contribution in [0.15, 0.2) is 42.5 Å². The lowest BCUT2D eigenvalue weighted by molar-refractivity contribution is -0.126. The molecule has 0 spiro atoms. The number of nitrogens with zero attached hydrogens (tertiary/aromatic N) is 1. The summed E-state index contributed by atoms with van der Waals surface area (Å²) in [6.07, 6.45) is 1.04. The molecule has 2 aliphatic heterocycles. The van der Waals surface area contributed by atoms with Crippen LogP contribution in [0.25, 0.3) is 0 Å². The first-order chi connectivity index (χ1) is 15.3. The van der Waals surface area contributed by atoms with Gasteiger partial charge in [-0.15, -0.1) is 0 Å². The van der Waals surface area contributed by atoms with Gasteiger partial charge in [0, 0.05) is 19.0 Å². The summed E-state index contributed by atoms with van der Waals surface area (Å²) in [5.74, 6) is 1.18. The predicted molar refractivity (Wildman–Crippen MR) is 122 cm³/mol. The highest BCUT2D eigenvalue weighted by Gasteiger charge is 2.32. The first-order valence-electron chi connectivity index (χ1n) is 11.1. The molecule has 0 aromatic heterocycles. The summed E-state index contributed by atoms with van der Waals surface area (Å²) in [5.41, 5.74) is 2.74. The van der Waals surface area contributed by atoms with Crippen LogP contribution in [-0.2, 0) is 20.6 Å². The van der Waals surface area contributed by atoms with Crippen molar-refractivity contribution in [2.75, 3.05) is 26.3 Å². The highest BCUT2D eigenvalue weighted by molar-refractivity contribution is 7.88. The van der Waals surface area contributed by atoms with E-state index in [4.69, 9.17) is 9.47 Å². The summed E-state index contributed by atoms with van der Waals surface area (Å²) in [4.78, 5) is 12.8. The molecular weight excluding hydrogens is 428 g/mol. The number of hydrogen-bond donors (Lipinski definition) is 1. The number of fused-ring (bicyclic) bond motifs is 1. The number of carbonyl (C=O) groups excluding carboxylic acids is 1. The topological polar surface area (TPSA) is 84.9 Å². The average molecular weight is 459 g/mol. The Morgan fingerprint density at radius 2 is 1.78 bits per heavy atom. The van der Waals surface area contributed by atoms with Gasteiger partial charge >= 0.3 is 0 Å². The molecule has 1 fully saturated rings. The van der Waals surface area contributed by atoms with Crippen molar-refractivity contribution in [3.63, 3.8) is 0 Å². The molecule has 0 saturated carbocycles. The summed E-state index contributed by atoms with van der Waals surface area (Å²) in [6.45, 7) is 5.64. The molecule has 0 bridgehead atoms. The van der Waals surface area contributed by atoms with Crippen LogP contribution < -0.4 is 14.8 Å². The van der Waals surface area contributed by atoms with Gasteiger partial charge in [-0.2, -0.15) is 0 Å². The summed E-state index contributed by atoms with van der Waals surface area (Å²) in [6, 6.07) is 13.1. The van der Waals surface area contributed by atoms with Crippen LogP contribution in [0, 0.1) is 12.8 Å². The van der Waals surface area contributed by atoms with E-state index in [2.05, 4.69) is 5.32 Å². The fourth-order valence-electron chi connectivity index (χ4n) is 4.20. The molecule has 2 aromatic carbocycles. The predicted octanol–water partition coefficient (Wildman–Crippen LogP) is 3.19. The van der Waals surface area contributed by atoms with E-state index in [9.17, 15) is 13.2 Å². The van der Waals surface area contributed by atoms with Crippen molar-refractivity contribution in [1.29, 1.82) is 0 Å². The largest absolute Gasteiger partial charge is 0.486 e. The molecule has 7 nitrogen and oxygen atoms in total. The van der Waals surface area contributed by atoms with Gasteiger partial charge in [0.2, 0.25) is 15.9 Å². The molecule has 32 heavy (non-hydrogen) atoms. The lowest BCUT2D eigenvalue weighted by atomic mass is 9.96. The van der Waals surface area contributed by atoms with Gasteiger partial charge in [0.1, 0.15) is 13.2 Å². The maximum atomic E-state index is 12.9. The molecule has 1 atom stereocenters. The average Bonchev–Trinajstić information content (AvgIpc) is 2.80. The highest BCUT2D eigenvalue weighted by Crippen LogP contribution is 2.33.